The Morgan fingerprint density at radius 1 is 0.343 bits per heavy atom. The predicted octanol–water partition coefficient (Wildman–Crippen LogP) is 3.15. The molecule has 28 N–H and O–H groups in total. The van der Waals surface area contributed by atoms with Gasteiger partial charge in [-0.05, 0) is 60.7 Å². The van der Waals surface area contributed by atoms with Gasteiger partial charge in [0.1, 0.15) is 36.0 Å². The Hall–Kier alpha value is -18.7. The zero-order valence-corrected chi connectivity index (χ0v) is 65.6. The molecule has 52 nitrogen and oxygen atoms in total. The minimum absolute atomic E-state index is 0.0520. The maximum absolute atomic E-state index is 16.4. The fourth-order valence-corrected chi connectivity index (χ4v) is 14.1. The van der Waals surface area contributed by atoms with Crippen LogP contribution in [-0.4, -0.2) is 265 Å². The van der Waals surface area contributed by atoms with Crippen LogP contribution in [0, 0.1) is 0 Å². The SMILES string of the molecule is O=C(Oc1c(O)c(Oc2c(C(=O)OC3C(O)OC(CO)C(O)C3OC(=O)c3cc(O)c(O)c(O)c3)cc(O)c(O)c2O)cc2c1-c1c(cc(O)c(O)c1O)C(=O)OCC1OC(OC(=O)c3cc(O)c(O)c(O)c3Oc3cc4c(=O)oc5c(O)c(O)cc6c(=O)oc(c3O)c4c56)C(OC(=O)c3cc(O)c(O)c(O)c3)C(OC(=O)c3cc(O)c(O)c(O)c3)C1OC2=O)c1cc(O)c(O)c(O)c1. The van der Waals surface area contributed by atoms with Crippen molar-refractivity contribution in [2.45, 2.75) is 61.4 Å². The highest BCUT2D eigenvalue weighted by Gasteiger charge is 2.57. The van der Waals surface area contributed by atoms with Crippen LogP contribution in [0.4, 0.5) is 0 Å². The number of hydrogen-bond donors (Lipinski definition) is 28. The number of fused-ring (bicyclic) bond motifs is 4. The van der Waals surface area contributed by atoms with Crippen LogP contribution >= 0.6 is 0 Å². The third-order valence-corrected chi connectivity index (χ3v) is 20.6. The third-order valence-electron chi connectivity index (χ3n) is 20.6. The molecule has 3 aliphatic heterocycles. The number of phenolic OH excluding ortho intramolecular Hbond substituents is 25. The summed E-state index contributed by atoms with van der Waals surface area (Å²) in [4.78, 5) is 148. The Kier molecular flexibility index (Phi) is 22.5. The van der Waals surface area contributed by atoms with E-state index >= 15 is 19.2 Å². The van der Waals surface area contributed by atoms with E-state index < -0.39 is 394 Å². The second-order valence-electron chi connectivity index (χ2n) is 28.9. The number of aromatic hydroxyl groups is 25. The van der Waals surface area contributed by atoms with E-state index in [4.69, 9.17) is 65.7 Å². The monoisotopic (exact) mass is 1870 g/mol. The van der Waals surface area contributed by atoms with Gasteiger partial charge >= 0.3 is 59.0 Å². The maximum Gasteiger partial charge on any atom is 0.344 e. The first-order valence-corrected chi connectivity index (χ1v) is 37.1. The van der Waals surface area contributed by atoms with Crippen molar-refractivity contribution < 1.29 is 247 Å². The van der Waals surface area contributed by atoms with Crippen molar-refractivity contribution in [2.24, 2.45) is 0 Å². The lowest BCUT2D eigenvalue weighted by Crippen LogP contribution is -2.63. The molecule has 0 spiro atoms. The Morgan fingerprint density at radius 2 is 0.731 bits per heavy atom. The molecule has 134 heavy (non-hydrogen) atoms. The van der Waals surface area contributed by atoms with E-state index in [1.54, 1.807) is 0 Å². The van der Waals surface area contributed by atoms with Crippen molar-refractivity contribution in [2.75, 3.05) is 13.2 Å². The number of cyclic esters (lactones) is 1. The van der Waals surface area contributed by atoms with Gasteiger partial charge in [-0.15, -0.1) is 0 Å². The molecule has 0 aliphatic carbocycles. The first kappa shape index (κ1) is 90.1. The topological polar surface area (TPSA) is 874 Å². The molecule has 0 saturated carbocycles. The minimum Gasteiger partial charge on any atom is -0.504 e. The van der Waals surface area contributed by atoms with Crippen LogP contribution in [0.2, 0.25) is 0 Å². The summed E-state index contributed by atoms with van der Waals surface area (Å²) in [5.41, 5.74) is -18.6. The van der Waals surface area contributed by atoms with E-state index in [0.29, 0.717) is 60.7 Å². The minimum atomic E-state index is -3.18. The molecule has 10 aromatic carbocycles. The van der Waals surface area contributed by atoms with Gasteiger partial charge in [0.25, 0.3) is 0 Å². The lowest BCUT2D eigenvalue weighted by molar-refractivity contribution is -0.285. The molecule has 2 fully saturated rings. The van der Waals surface area contributed by atoms with Gasteiger partial charge in [0, 0.05) is 46.2 Å². The van der Waals surface area contributed by atoms with E-state index in [2.05, 4.69) is 0 Å². The van der Waals surface area contributed by atoms with Gasteiger partial charge in [-0.1, -0.05) is 0 Å². The molecule has 12 aromatic rings. The third kappa shape index (κ3) is 15.4. The fraction of sp³-hybridized carbons (Fsp3) is 0.146. The van der Waals surface area contributed by atoms with Crippen LogP contribution in [0.15, 0.2) is 103 Å². The Morgan fingerprint density at radius 3 is 1.21 bits per heavy atom. The number of benzene rings is 10. The lowest BCUT2D eigenvalue weighted by Gasteiger charge is -2.43. The molecule has 5 heterocycles. The number of ether oxygens (including phenoxy) is 12. The highest BCUT2D eigenvalue weighted by Crippen LogP contribution is 2.59. The summed E-state index contributed by atoms with van der Waals surface area (Å²) < 4.78 is 78.6. The van der Waals surface area contributed by atoms with Gasteiger partial charge in [-0.3, -0.25) is 0 Å². The van der Waals surface area contributed by atoms with E-state index in [-0.39, 0.29) is 24.3 Å². The van der Waals surface area contributed by atoms with Crippen LogP contribution in [0.3, 0.4) is 0 Å². The molecule has 0 radical (unpaired) electrons. The highest BCUT2D eigenvalue weighted by atomic mass is 16.8. The molecular formula is C82H56O52. The molecule has 10 atom stereocenters. The average Bonchev–Trinajstić information content (AvgIpc) is 0.737. The molecule has 3 aliphatic rings. The summed E-state index contributed by atoms with van der Waals surface area (Å²) in [6.07, 6.45) is -27.7. The van der Waals surface area contributed by atoms with E-state index in [1.807, 2.05) is 0 Å². The van der Waals surface area contributed by atoms with Crippen molar-refractivity contribution in [1.29, 1.82) is 0 Å². The molecule has 15 rings (SSSR count). The second-order valence-corrected chi connectivity index (χ2v) is 28.9. The van der Waals surface area contributed by atoms with Gasteiger partial charge in [0.05, 0.1) is 50.8 Å². The van der Waals surface area contributed by atoms with Crippen molar-refractivity contribution >= 4 is 80.5 Å². The summed E-state index contributed by atoms with van der Waals surface area (Å²) in [6, 6.07) is 4.62. The van der Waals surface area contributed by atoms with Crippen LogP contribution in [-0.2, 0) is 42.6 Å². The Balaban J connectivity index is 0.917. The van der Waals surface area contributed by atoms with Crippen LogP contribution < -0.4 is 25.5 Å². The zero-order chi connectivity index (χ0) is 97.3. The number of esters is 8. The van der Waals surface area contributed by atoms with E-state index in [1.165, 1.54) is 0 Å². The highest BCUT2D eigenvalue weighted by molar-refractivity contribution is 6.22. The summed E-state index contributed by atoms with van der Waals surface area (Å²) in [5, 5.41) is 305. The normalized spacial score (nSPS) is 18.7. The summed E-state index contributed by atoms with van der Waals surface area (Å²) in [5.74, 6) is -61.6. The molecule has 0 amide bonds. The van der Waals surface area contributed by atoms with Gasteiger partial charge in [0.15, 0.2) is 168 Å². The van der Waals surface area contributed by atoms with Crippen molar-refractivity contribution in [3.63, 3.8) is 0 Å². The number of rotatable bonds is 17. The number of hydrogen-bond acceptors (Lipinski definition) is 52. The Bertz CT molecular complexity index is 7110. The number of aliphatic hydroxyl groups is 3. The molecule has 2 aromatic heterocycles. The quantitative estimate of drug-likeness (QED) is 0.0155. The molecule has 696 valence electrons. The van der Waals surface area contributed by atoms with Gasteiger partial charge < -0.3 is 209 Å². The fourth-order valence-electron chi connectivity index (χ4n) is 14.1. The summed E-state index contributed by atoms with van der Waals surface area (Å²) in [6.45, 7) is -3.00. The molecule has 2 saturated heterocycles. The molecule has 0 bridgehead atoms. The zero-order valence-electron chi connectivity index (χ0n) is 65.6. The summed E-state index contributed by atoms with van der Waals surface area (Å²) in [7, 11) is 0. The summed E-state index contributed by atoms with van der Waals surface area (Å²) >= 11 is 0. The first-order valence-electron chi connectivity index (χ1n) is 37.1. The lowest BCUT2D eigenvalue weighted by atomic mass is 9.91. The van der Waals surface area contributed by atoms with Gasteiger partial charge in [-0.25, -0.2) is 47.9 Å². The Labute approximate surface area is 733 Å². The molecule has 52 heteroatoms. The van der Waals surface area contributed by atoms with Gasteiger partial charge in [-0.2, -0.15) is 0 Å². The number of carbonyl (C=O) groups is 8. The first-order chi connectivity index (χ1) is 63.2. The largest absolute Gasteiger partial charge is 0.504 e. The second kappa shape index (κ2) is 33.5. The number of carbonyl (C=O) groups excluding carboxylic acids is 8. The maximum atomic E-state index is 16.4. The molecule has 10 unspecified atom stereocenters. The predicted molar refractivity (Wildman–Crippen MR) is 419 cm³/mol. The van der Waals surface area contributed by atoms with Crippen molar-refractivity contribution in [3.8, 4) is 184 Å². The number of phenols is 25. The van der Waals surface area contributed by atoms with Crippen molar-refractivity contribution in [1.82, 2.24) is 0 Å². The van der Waals surface area contributed by atoms with Crippen LogP contribution in [0.25, 0.3) is 43.8 Å². The van der Waals surface area contributed by atoms with Crippen LogP contribution in [0.1, 0.15) is 82.9 Å². The average molecular weight is 1870 g/mol. The molecular weight excluding hydrogens is 1820 g/mol. The smallest absolute Gasteiger partial charge is 0.344 e. The van der Waals surface area contributed by atoms with E-state index in [9.17, 15) is 172 Å². The van der Waals surface area contributed by atoms with Crippen molar-refractivity contribution in [3.05, 3.63) is 150 Å². The van der Waals surface area contributed by atoms with Gasteiger partial charge in [0.2, 0.25) is 58.4 Å². The number of aliphatic hydroxyl groups excluding tert-OH is 3. The standard InChI is InChI=1S/C82H56O52/c83-15-41-57(106)67(130-72(111)18-3-29(86)48(97)30(87)4-18)69(81(120)124-41)132-79(118)25-11-36(93)52(101)59(108)61(25)122-39-13-23-44(65(55(39)104)127-71(110)17-1-27(84)47(96)28(85)2-17)43-21(9-35(92)51(100)58(43)107)75(114)121-16-42-63(126-77(23)116)68(131-73(112)19-5-31(88)49(98)32(89)6-19)70(133-74(113)20-7-33(90)50(99)34(91)8-20)82(125-42)134-80(119)26-12-37(94)53(102)60(109)62(26)123-40-14-24-46-45-22(76(115)129-66(46)56(40)105)10-38(95)54(103)64(45)128-78(24)117/h1-14,41-42,57,63,67-70,81-109,120H,15-16H2. The van der Waals surface area contributed by atoms with Crippen LogP contribution in [0.5, 0.6) is 172 Å². The van der Waals surface area contributed by atoms with E-state index in [0.717, 1.165) is 0 Å².